The van der Waals surface area contributed by atoms with Gasteiger partial charge in [-0.3, -0.25) is 19.2 Å². The number of hydrogen-bond acceptors (Lipinski definition) is 6. The summed E-state index contributed by atoms with van der Waals surface area (Å²) >= 11 is 0. The lowest BCUT2D eigenvalue weighted by atomic mass is 9.95. The van der Waals surface area contributed by atoms with Gasteiger partial charge in [-0.25, -0.2) is 8.78 Å². The number of halogens is 2. The minimum atomic E-state index is -1.63. The molecule has 1 aromatic rings. The third-order valence-electron chi connectivity index (χ3n) is 3.46. The smallest absolute Gasteiger partial charge is 0.312 e. The molecule has 0 heterocycles. The van der Waals surface area contributed by atoms with Gasteiger partial charge in [0.1, 0.15) is 6.04 Å². The third-order valence-corrected chi connectivity index (χ3v) is 3.46. The van der Waals surface area contributed by atoms with Crippen LogP contribution in [-0.2, 0) is 23.9 Å². The maximum atomic E-state index is 13.3. The van der Waals surface area contributed by atoms with Crippen LogP contribution in [-0.4, -0.2) is 43.0 Å². The van der Waals surface area contributed by atoms with E-state index in [0.29, 0.717) is 6.07 Å². The van der Waals surface area contributed by atoms with Gasteiger partial charge in [0.25, 0.3) is 5.91 Å². The predicted octanol–water partition coefficient (Wildman–Crippen LogP) is 0.681. The van der Waals surface area contributed by atoms with E-state index in [1.807, 2.05) is 0 Å². The van der Waals surface area contributed by atoms with Gasteiger partial charge in [-0.05, 0) is 32.0 Å². The van der Waals surface area contributed by atoms with Crippen LogP contribution >= 0.6 is 0 Å². The first-order valence-corrected chi connectivity index (χ1v) is 8.08. The SMILES string of the molecule is CCOC(=O)C[C@H](C(=O)OCC)[C@H](NC(=O)c1ccc(F)c(F)c1)C(N)=O. The molecule has 1 aromatic carbocycles. The Hall–Kier alpha value is -3.04. The van der Waals surface area contributed by atoms with Crippen LogP contribution in [0.25, 0.3) is 0 Å². The van der Waals surface area contributed by atoms with E-state index in [1.54, 1.807) is 6.92 Å². The molecule has 10 heteroatoms. The summed E-state index contributed by atoms with van der Waals surface area (Å²) in [7, 11) is 0. The first-order valence-electron chi connectivity index (χ1n) is 8.08. The molecule has 0 unspecified atom stereocenters. The van der Waals surface area contributed by atoms with Crippen molar-refractivity contribution in [2.24, 2.45) is 11.7 Å². The number of esters is 2. The van der Waals surface area contributed by atoms with Crippen molar-refractivity contribution in [1.82, 2.24) is 5.32 Å². The minimum absolute atomic E-state index is 0.0385. The molecule has 27 heavy (non-hydrogen) atoms. The van der Waals surface area contributed by atoms with Gasteiger partial charge in [0.15, 0.2) is 11.6 Å². The fourth-order valence-corrected chi connectivity index (χ4v) is 2.22. The van der Waals surface area contributed by atoms with Crippen molar-refractivity contribution in [3.05, 3.63) is 35.4 Å². The van der Waals surface area contributed by atoms with E-state index in [1.165, 1.54) is 6.92 Å². The Bertz CT molecular complexity index is 725. The van der Waals surface area contributed by atoms with Crippen molar-refractivity contribution in [3.63, 3.8) is 0 Å². The van der Waals surface area contributed by atoms with Crippen LogP contribution in [0.4, 0.5) is 8.78 Å². The lowest BCUT2D eigenvalue weighted by molar-refractivity contribution is -0.156. The van der Waals surface area contributed by atoms with E-state index in [2.05, 4.69) is 5.32 Å². The minimum Gasteiger partial charge on any atom is -0.466 e. The van der Waals surface area contributed by atoms with Crippen molar-refractivity contribution in [2.45, 2.75) is 26.3 Å². The molecular formula is C17H20F2N2O6. The van der Waals surface area contributed by atoms with Gasteiger partial charge in [-0.2, -0.15) is 0 Å². The molecule has 0 aromatic heterocycles. The first-order chi connectivity index (χ1) is 12.7. The zero-order chi connectivity index (χ0) is 20.6. The topological polar surface area (TPSA) is 125 Å². The second-order valence-corrected chi connectivity index (χ2v) is 5.35. The monoisotopic (exact) mass is 386 g/mol. The van der Waals surface area contributed by atoms with Crippen molar-refractivity contribution >= 4 is 23.8 Å². The van der Waals surface area contributed by atoms with E-state index in [0.717, 1.165) is 12.1 Å². The van der Waals surface area contributed by atoms with Crippen molar-refractivity contribution < 1.29 is 37.4 Å². The number of ether oxygens (including phenoxy) is 2. The average molecular weight is 386 g/mol. The number of benzene rings is 1. The Labute approximate surface area is 154 Å². The van der Waals surface area contributed by atoms with Crippen LogP contribution in [0, 0.1) is 17.6 Å². The molecule has 148 valence electrons. The second-order valence-electron chi connectivity index (χ2n) is 5.35. The van der Waals surface area contributed by atoms with Crippen LogP contribution in [0.1, 0.15) is 30.6 Å². The van der Waals surface area contributed by atoms with Crippen molar-refractivity contribution in [1.29, 1.82) is 0 Å². The van der Waals surface area contributed by atoms with Gasteiger partial charge in [-0.15, -0.1) is 0 Å². The van der Waals surface area contributed by atoms with Crippen LogP contribution in [0.15, 0.2) is 18.2 Å². The van der Waals surface area contributed by atoms with Gasteiger partial charge in [0.2, 0.25) is 5.91 Å². The molecule has 0 radical (unpaired) electrons. The Morgan fingerprint density at radius 1 is 1.07 bits per heavy atom. The van der Waals surface area contributed by atoms with E-state index in [9.17, 15) is 28.0 Å². The third kappa shape index (κ3) is 6.32. The standard InChI is InChI=1S/C17H20F2N2O6/c1-3-26-13(22)8-10(17(25)27-4-2)14(15(20)23)21-16(24)9-5-6-11(18)12(19)7-9/h5-7,10,14H,3-4,8H2,1-2H3,(H2,20,23)(H,21,24)/t10-,14-/m0/s1. The number of carbonyl (C=O) groups is 4. The van der Waals surface area contributed by atoms with Crippen LogP contribution in [0.5, 0.6) is 0 Å². The zero-order valence-electron chi connectivity index (χ0n) is 14.8. The van der Waals surface area contributed by atoms with Gasteiger partial charge in [0.05, 0.1) is 25.6 Å². The lowest BCUT2D eigenvalue weighted by Gasteiger charge is -2.23. The molecule has 0 saturated heterocycles. The molecule has 2 atom stereocenters. The lowest BCUT2D eigenvalue weighted by Crippen LogP contribution is -2.52. The molecule has 0 aliphatic heterocycles. The summed E-state index contributed by atoms with van der Waals surface area (Å²) in [5.41, 5.74) is 4.95. The summed E-state index contributed by atoms with van der Waals surface area (Å²) in [5, 5.41) is 2.16. The van der Waals surface area contributed by atoms with E-state index >= 15 is 0 Å². The van der Waals surface area contributed by atoms with Crippen LogP contribution in [0.2, 0.25) is 0 Å². The maximum absolute atomic E-state index is 13.3. The average Bonchev–Trinajstić information content (AvgIpc) is 2.60. The van der Waals surface area contributed by atoms with E-state index in [4.69, 9.17) is 15.2 Å². The fraction of sp³-hybridized carbons (Fsp3) is 0.412. The van der Waals surface area contributed by atoms with Gasteiger partial charge in [-0.1, -0.05) is 0 Å². The molecule has 0 aliphatic carbocycles. The summed E-state index contributed by atoms with van der Waals surface area (Å²) < 4.78 is 35.9. The van der Waals surface area contributed by atoms with Gasteiger partial charge >= 0.3 is 11.9 Å². The molecule has 0 spiro atoms. The molecule has 0 saturated carbocycles. The quantitative estimate of drug-likeness (QED) is 0.602. The molecule has 0 bridgehead atoms. The number of nitrogens with one attached hydrogen (secondary N) is 1. The maximum Gasteiger partial charge on any atom is 0.312 e. The summed E-state index contributed by atoms with van der Waals surface area (Å²) in [6.45, 7) is 3.06. The number of nitrogens with two attached hydrogens (primary N) is 1. The zero-order valence-corrected chi connectivity index (χ0v) is 14.8. The first kappa shape index (κ1) is 22.0. The van der Waals surface area contributed by atoms with Gasteiger partial charge < -0.3 is 20.5 Å². The Morgan fingerprint density at radius 2 is 1.70 bits per heavy atom. The second kappa shape index (κ2) is 10.2. The summed E-state index contributed by atoms with van der Waals surface area (Å²) in [4.78, 5) is 47.9. The molecule has 0 aliphatic rings. The molecule has 2 amide bonds. The number of carbonyl (C=O) groups excluding carboxylic acids is 4. The van der Waals surface area contributed by atoms with Crippen LogP contribution in [0.3, 0.4) is 0 Å². The Balaban J connectivity index is 3.09. The molecular weight excluding hydrogens is 366 g/mol. The molecule has 3 N–H and O–H groups in total. The highest BCUT2D eigenvalue weighted by Gasteiger charge is 2.37. The number of rotatable bonds is 9. The highest BCUT2D eigenvalue weighted by atomic mass is 19.2. The number of hydrogen-bond donors (Lipinski definition) is 2. The summed E-state index contributed by atoms with van der Waals surface area (Å²) in [5.74, 6) is -7.74. The largest absolute Gasteiger partial charge is 0.466 e. The number of amides is 2. The molecule has 1 rings (SSSR count). The molecule has 0 fully saturated rings. The summed E-state index contributed by atoms with van der Waals surface area (Å²) in [6, 6.07) is 0.698. The van der Waals surface area contributed by atoms with E-state index in [-0.39, 0.29) is 18.8 Å². The highest BCUT2D eigenvalue weighted by Crippen LogP contribution is 2.15. The summed E-state index contributed by atoms with van der Waals surface area (Å²) in [6.07, 6.45) is -0.571. The normalized spacial score (nSPS) is 12.6. The fourth-order valence-electron chi connectivity index (χ4n) is 2.22. The van der Waals surface area contributed by atoms with E-state index < -0.39 is 53.8 Å². The van der Waals surface area contributed by atoms with Crippen molar-refractivity contribution in [3.8, 4) is 0 Å². The molecule has 8 nitrogen and oxygen atoms in total. The van der Waals surface area contributed by atoms with Crippen molar-refractivity contribution in [2.75, 3.05) is 13.2 Å². The Morgan fingerprint density at radius 3 is 2.22 bits per heavy atom. The van der Waals surface area contributed by atoms with Crippen LogP contribution < -0.4 is 11.1 Å². The van der Waals surface area contributed by atoms with Gasteiger partial charge in [0, 0.05) is 5.56 Å². The number of primary amides is 1. The Kier molecular flexibility index (Phi) is 8.31. The highest BCUT2D eigenvalue weighted by molar-refractivity contribution is 5.99. The predicted molar refractivity (Wildman–Crippen MR) is 88.2 cm³/mol.